The summed E-state index contributed by atoms with van der Waals surface area (Å²) in [6.07, 6.45) is 0.333. The van der Waals surface area contributed by atoms with E-state index in [1.807, 2.05) is 0 Å². The SMILES string of the molecule is CCC(=O)[O-].CCC(=O)[O-].CCC(=O)[O-].[Al+3]. The van der Waals surface area contributed by atoms with Crippen LogP contribution in [0, 0.1) is 0 Å². The molecule has 0 fully saturated rings. The van der Waals surface area contributed by atoms with Crippen molar-refractivity contribution in [3.8, 4) is 0 Å². The molecule has 0 N–H and O–H groups in total. The van der Waals surface area contributed by atoms with Crippen LogP contribution in [0.1, 0.15) is 40.0 Å². The van der Waals surface area contributed by atoms with Crippen molar-refractivity contribution < 1.29 is 29.7 Å². The average Bonchev–Trinajstić information content (AvgIpc) is 2.19. The molecule has 0 aliphatic carbocycles. The second-order valence-corrected chi connectivity index (χ2v) is 2.18. The zero-order valence-corrected chi connectivity index (χ0v) is 10.8. The van der Waals surface area contributed by atoms with E-state index in [0.29, 0.717) is 0 Å². The average molecular weight is 246 g/mol. The summed E-state index contributed by atoms with van der Waals surface area (Å²) in [5.41, 5.74) is 0. The van der Waals surface area contributed by atoms with Gasteiger partial charge in [-0.3, -0.25) is 0 Å². The predicted molar refractivity (Wildman–Crippen MR) is 51.6 cm³/mol. The summed E-state index contributed by atoms with van der Waals surface area (Å²) >= 11 is 0. The van der Waals surface area contributed by atoms with Crippen LogP contribution in [0.2, 0.25) is 0 Å². The standard InChI is InChI=1S/3C3H6O2.Al/c3*1-2-3(4)5;/h3*2H2,1H3,(H,4,5);/q;;;+3/p-3. The number of carbonyl (C=O) groups is 3. The summed E-state index contributed by atoms with van der Waals surface area (Å²) in [6.45, 7) is 4.61. The Balaban J connectivity index is -0.0000000655. The normalized spacial score (nSPS) is 6.94. The summed E-state index contributed by atoms with van der Waals surface area (Å²) in [7, 11) is 0. The smallest absolute Gasteiger partial charge is 0.550 e. The Bertz CT molecular complexity index is 159. The molecule has 0 saturated heterocycles. The molecule has 0 bridgehead atoms. The Labute approximate surface area is 105 Å². The van der Waals surface area contributed by atoms with Crippen LogP contribution in [0.25, 0.3) is 0 Å². The monoisotopic (exact) mass is 246 g/mol. The minimum absolute atomic E-state index is 0. The van der Waals surface area contributed by atoms with Gasteiger partial charge in [-0.1, -0.05) is 20.8 Å². The van der Waals surface area contributed by atoms with Crippen LogP contribution in [0.4, 0.5) is 0 Å². The van der Waals surface area contributed by atoms with Crippen molar-refractivity contribution >= 4 is 35.3 Å². The third-order valence-corrected chi connectivity index (χ3v) is 0.866. The molecule has 0 aromatic carbocycles. The molecule has 0 heterocycles. The van der Waals surface area contributed by atoms with Gasteiger partial charge in [0.05, 0.1) is 0 Å². The maximum atomic E-state index is 9.26. The maximum Gasteiger partial charge on any atom is 3.00 e. The van der Waals surface area contributed by atoms with Crippen LogP contribution in [0.15, 0.2) is 0 Å². The summed E-state index contributed by atoms with van der Waals surface area (Å²) in [6, 6.07) is 0. The third-order valence-electron chi connectivity index (χ3n) is 0.866. The molecule has 0 amide bonds. The minimum atomic E-state index is -0.995. The van der Waals surface area contributed by atoms with Crippen LogP contribution in [0.5, 0.6) is 0 Å². The van der Waals surface area contributed by atoms with Gasteiger partial charge in [-0.15, -0.1) is 0 Å². The Morgan fingerprint density at radius 3 is 0.750 bits per heavy atom. The molecular formula is C9H15AlO6. The molecule has 0 saturated carbocycles. The zero-order valence-electron chi connectivity index (χ0n) is 9.65. The van der Waals surface area contributed by atoms with Gasteiger partial charge in [-0.2, -0.15) is 0 Å². The van der Waals surface area contributed by atoms with E-state index in [9.17, 15) is 29.7 Å². The van der Waals surface area contributed by atoms with Crippen molar-refractivity contribution in [3.63, 3.8) is 0 Å². The van der Waals surface area contributed by atoms with Crippen LogP contribution in [0.3, 0.4) is 0 Å². The minimum Gasteiger partial charge on any atom is -0.550 e. The van der Waals surface area contributed by atoms with E-state index in [1.54, 1.807) is 0 Å². The Kier molecular flexibility index (Phi) is 29.6. The first kappa shape index (κ1) is 24.3. The van der Waals surface area contributed by atoms with Crippen molar-refractivity contribution in [2.45, 2.75) is 40.0 Å². The second-order valence-electron chi connectivity index (χ2n) is 2.18. The largest absolute Gasteiger partial charge is 3.00 e. The van der Waals surface area contributed by atoms with E-state index >= 15 is 0 Å². The molecule has 7 heteroatoms. The van der Waals surface area contributed by atoms with Gasteiger partial charge in [0.2, 0.25) is 0 Å². The fraction of sp³-hybridized carbons (Fsp3) is 0.667. The molecule has 6 nitrogen and oxygen atoms in total. The number of carbonyl (C=O) groups excluding carboxylic acids is 3. The van der Waals surface area contributed by atoms with Crippen molar-refractivity contribution in [3.05, 3.63) is 0 Å². The van der Waals surface area contributed by atoms with Crippen LogP contribution in [-0.4, -0.2) is 35.3 Å². The van der Waals surface area contributed by atoms with Gasteiger partial charge < -0.3 is 29.7 Å². The van der Waals surface area contributed by atoms with E-state index in [-0.39, 0.29) is 36.6 Å². The number of rotatable bonds is 3. The third kappa shape index (κ3) is 75.6. The first-order chi connectivity index (χ1) is 6.81. The maximum absolute atomic E-state index is 9.26. The Morgan fingerprint density at radius 1 is 0.688 bits per heavy atom. The van der Waals surface area contributed by atoms with E-state index in [4.69, 9.17) is 0 Å². The van der Waals surface area contributed by atoms with Gasteiger partial charge >= 0.3 is 17.4 Å². The van der Waals surface area contributed by atoms with Crippen molar-refractivity contribution in [1.29, 1.82) is 0 Å². The summed E-state index contributed by atoms with van der Waals surface area (Å²) in [5, 5.41) is 27.8. The molecular weight excluding hydrogens is 231 g/mol. The summed E-state index contributed by atoms with van der Waals surface area (Å²) < 4.78 is 0. The Morgan fingerprint density at radius 2 is 0.750 bits per heavy atom. The van der Waals surface area contributed by atoms with Gasteiger partial charge in [-0.25, -0.2) is 0 Å². The van der Waals surface area contributed by atoms with Crippen molar-refractivity contribution in [1.82, 2.24) is 0 Å². The van der Waals surface area contributed by atoms with Crippen molar-refractivity contribution in [2.75, 3.05) is 0 Å². The first-order valence-corrected chi connectivity index (χ1v) is 4.41. The summed E-state index contributed by atoms with van der Waals surface area (Å²) in [5.74, 6) is -2.99. The Hall–Kier alpha value is -1.06. The fourth-order valence-corrected chi connectivity index (χ4v) is 0. The molecule has 0 unspecified atom stereocenters. The molecule has 0 aliphatic rings. The molecule has 0 aromatic rings. The van der Waals surface area contributed by atoms with Crippen LogP contribution in [-0.2, 0) is 14.4 Å². The molecule has 0 aromatic heterocycles. The molecule has 90 valence electrons. The molecule has 0 aliphatic heterocycles. The summed E-state index contributed by atoms with van der Waals surface area (Å²) in [4.78, 5) is 27.8. The van der Waals surface area contributed by atoms with Gasteiger partial charge in [0.15, 0.2) is 0 Å². The van der Waals surface area contributed by atoms with Crippen LogP contribution < -0.4 is 15.3 Å². The molecule has 0 rings (SSSR count). The second kappa shape index (κ2) is 19.5. The molecule has 16 heavy (non-hydrogen) atoms. The number of hydrogen-bond donors (Lipinski definition) is 0. The predicted octanol–water partition coefficient (Wildman–Crippen LogP) is -2.94. The van der Waals surface area contributed by atoms with E-state index in [0.717, 1.165) is 0 Å². The molecule has 0 atom stereocenters. The van der Waals surface area contributed by atoms with Gasteiger partial charge in [0.1, 0.15) is 0 Å². The van der Waals surface area contributed by atoms with E-state index in [1.165, 1.54) is 20.8 Å². The molecule has 0 radical (unpaired) electrons. The number of carboxylic acids is 3. The van der Waals surface area contributed by atoms with Crippen molar-refractivity contribution in [2.24, 2.45) is 0 Å². The topological polar surface area (TPSA) is 120 Å². The fourth-order valence-electron chi connectivity index (χ4n) is 0. The first-order valence-electron chi connectivity index (χ1n) is 4.41. The zero-order chi connectivity index (χ0) is 12.9. The molecule has 0 spiro atoms. The van der Waals surface area contributed by atoms with Gasteiger partial charge in [0.25, 0.3) is 0 Å². The quantitative estimate of drug-likeness (QED) is 0.491. The number of carboxylic acid groups (broad SMARTS) is 3. The van der Waals surface area contributed by atoms with Gasteiger partial charge in [-0.05, 0) is 19.3 Å². The number of hydrogen-bond acceptors (Lipinski definition) is 6. The van der Waals surface area contributed by atoms with Crippen LogP contribution >= 0.6 is 0 Å². The van der Waals surface area contributed by atoms with E-state index < -0.39 is 17.9 Å². The van der Waals surface area contributed by atoms with E-state index in [2.05, 4.69) is 0 Å². The number of aliphatic carboxylic acids is 3. The van der Waals surface area contributed by atoms with Gasteiger partial charge in [0, 0.05) is 17.9 Å².